The van der Waals surface area contributed by atoms with Crippen molar-refractivity contribution >= 4 is 23.6 Å². The van der Waals surface area contributed by atoms with Gasteiger partial charge in [0.2, 0.25) is 11.8 Å². The third kappa shape index (κ3) is 3.65. The summed E-state index contributed by atoms with van der Waals surface area (Å²) in [6.07, 6.45) is 2.97. The fourth-order valence-corrected chi connectivity index (χ4v) is 2.94. The molecule has 1 atom stereocenters. The van der Waals surface area contributed by atoms with Crippen LogP contribution in [-0.4, -0.2) is 46.8 Å². The van der Waals surface area contributed by atoms with Gasteiger partial charge in [0.25, 0.3) is 0 Å². The lowest BCUT2D eigenvalue weighted by atomic mass is 9.81. The Morgan fingerprint density at radius 3 is 2.37 bits per heavy atom. The van der Waals surface area contributed by atoms with E-state index in [1.807, 2.05) is 20.8 Å². The van der Waals surface area contributed by atoms with E-state index in [1.54, 1.807) is 30.5 Å². The zero-order chi connectivity index (χ0) is 14.8. The van der Waals surface area contributed by atoms with E-state index in [9.17, 15) is 9.59 Å². The molecule has 1 aliphatic heterocycles. The minimum absolute atomic E-state index is 0.0214. The number of piperazine rings is 1. The van der Waals surface area contributed by atoms with Crippen molar-refractivity contribution in [3.05, 3.63) is 0 Å². The largest absolute Gasteiger partial charge is 0.340 e. The fraction of sp³-hybridized carbons (Fsp3) is 0.857. The molecule has 0 aromatic rings. The lowest BCUT2D eigenvalue weighted by molar-refractivity contribution is -0.157. The number of hydrogen-bond donors (Lipinski definition) is 1. The van der Waals surface area contributed by atoms with Gasteiger partial charge in [-0.2, -0.15) is 11.8 Å². The molecule has 0 saturated carbocycles. The molecule has 0 radical (unpaired) electrons. The number of thioether (sulfide) groups is 1. The van der Waals surface area contributed by atoms with Crippen molar-refractivity contribution in [2.24, 2.45) is 5.41 Å². The summed E-state index contributed by atoms with van der Waals surface area (Å²) in [5.41, 5.74) is -1.05. The molecule has 0 bridgehead atoms. The first kappa shape index (κ1) is 16.3. The highest BCUT2D eigenvalue weighted by Crippen LogP contribution is 2.30. The number of nitrogens with zero attached hydrogens (tertiary/aromatic N) is 1. The third-order valence-corrected chi connectivity index (χ3v) is 4.06. The van der Waals surface area contributed by atoms with Crippen LogP contribution in [0.4, 0.5) is 0 Å². The van der Waals surface area contributed by atoms with E-state index in [0.717, 1.165) is 12.2 Å². The lowest BCUT2D eigenvalue weighted by Crippen LogP contribution is -2.70. The van der Waals surface area contributed by atoms with Crippen LogP contribution in [0, 0.1) is 5.41 Å². The lowest BCUT2D eigenvalue weighted by Gasteiger charge is -2.47. The number of nitrogens with one attached hydrogen (secondary N) is 1. The highest BCUT2D eigenvalue weighted by Gasteiger charge is 2.49. The van der Waals surface area contributed by atoms with Crippen LogP contribution in [-0.2, 0) is 9.59 Å². The molecule has 0 aromatic carbocycles. The predicted octanol–water partition coefficient (Wildman–Crippen LogP) is 1.89. The van der Waals surface area contributed by atoms with E-state index in [-0.39, 0.29) is 23.3 Å². The van der Waals surface area contributed by atoms with Crippen LogP contribution in [0.1, 0.15) is 41.0 Å². The molecule has 2 amide bonds. The predicted molar refractivity (Wildman–Crippen MR) is 80.2 cm³/mol. The Kier molecular flexibility index (Phi) is 4.93. The Balaban J connectivity index is 2.99. The second kappa shape index (κ2) is 5.73. The molecular weight excluding hydrogens is 260 g/mol. The SMILES string of the molecule is CSCCCN1C(=O)C(C)(C)NC(=O)C1C(C)(C)C. The maximum absolute atomic E-state index is 12.5. The molecule has 1 rings (SSSR count). The van der Waals surface area contributed by atoms with Gasteiger partial charge in [-0.3, -0.25) is 9.59 Å². The molecule has 0 spiro atoms. The van der Waals surface area contributed by atoms with Crippen LogP contribution in [0.3, 0.4) is 0 Å². The van der Waals surface area contributed by atoms with Crippen molar-refractivity contribution in [3.63, 3.8) is 0 Å². The molecular formula is C14H26N2O2S. The minimum atomic E-state index is -0.793. The summed E-state index contributed by atoms with van der Waals surface area (Å²) >= 11 is 1.76. The average molecular weight is 286 g/mol. The van der Waals surface area contributed by atoms with Gasteiger partial charge >= 0.3 is 0 Å². The third-order valence-electron chi connectivity index (χ3n) is 3.36. The highest BCUT2D eigenvalue weighted by atomic mass is 32.2. The highest BCUT2D eigenvalue weighted by molar-refractivity contribution is 7.98. The van der Waals surface area contributed by atoms with E-state index in [1.165, 1.54) is 0 Å². The molecule has 19 heavy (non-hydrogen) atoms. The van der Waals surface area contributed by atoms with Crippen molar-refractivity contribution in [1.82, 2.24) is 10.2 Å². The maximum atomic E-state index is 12.5. The number of amides is 2. The Hall–Kier alpha value is -0.710. The van der Waals surface area contributed by atoms with Crippen molar-refractivity contribution in [1.29, 1.82) is 0 Å². The van der Waals surface area contributed by atoms with Crippen molar-refractivity contribution in [3.8, 4) is 0 Å². The summed E-state index contributed by atoms with van der Waals surface area (Å²) < 4.78 is 0. The minimum Gasteiger partial charge on any atom is -0.340 e. The van der Waals surface area contributed by atoms with Gasteiger partial charge in [0.1, 0.15) is 11.6 Å². The summed E-state index contributed by atoms with van der Waals surface area (Å²) in [6, 6.07) is -0.380. The van der Waals surface area contributed by atoms with Crippen LogP contribution < -0.4 is 5.32 Å². The zero-order valence-electron chi connectivity index (χ0n) is 12.9. The molecule has 0 aromatic heterocycles. The van der Waals surface area contributed by atoms with Crippen molar-refractivity contribution in [2.45, 2.75) is 52.6 Å². The average Bonchev–Trinajstić information content (AvgIpc) is 2.22. The van der Waals surface area contributed by atoms with Gasteiger partial charge in [-0.1, -0.05) is 20.8 Å². The summed E-state index contributed by atoms with van der Waals surface area (Å²) in [7, 11) is 0. The Morgan fingerprint density at radius 1 is 1.32 bits per heavy atom. The van der Waals surface area contributed by atoms with E-state index in [2.05, 4.69) is 11.6 Å². The van der Waals surface area contributed by atoms with Gasteiger partial charge in [0.15, 0.2) is 0 Å². The molecule has 5 heteroatoms. The molecule has 1 unspecified atom stereocenters. The van der Waals surface area contributed by atoms with Crippen molar-refractivity contribution < 1.29 is 9.59 Å². The summed E-state index contributed by atoms with van der Waals surface area (Å²) in [5, 5.41) is 2.85. The standard InChI is InChI=1S/C14H26N2O2S/c1-13(2,3)10-11(17)15-14(4,5)12(18)16(10)8-7-9-19-6/h10H,7-9H2,1-6H3,(H,15,17). The number of rotatable bonds is 4. The second-order valence-corrected chi connectivity index (χ2v) is 7.71. The molecule has 110 valence electrons. The summed E-state index contributed by atoms with van der Waals surface area (Å²) in [6.45, 7) is 10.2. The smallest absolute Gasteiger partial charge is 0.248 e. The molecule has 1 heterocycles. The fourth-order valence-electron chi connectivity index (χ4n) is 2.52. The van der Waals surface area contributed by atoms with Crippen LogP contribution in [0.25, 0.3) is 0 Å². The van der Waals surface area contributed by atoms with Crippen molar-refractivity contribution in [2.75, 3.05) is 18.6 Å². The normalized spacial score (nSPS) is 23.5. The summed E-state index contributed by atoms with van der Waals surface area (Å²) in [5.74, 6) is 0.984. The quantitative estimate of drug-likeness (QED) is 0.803. The number of carbonyl (C=O) groups excluding carboxylic acids is 2. The van der Waals surface area contributed by atoms with E-state index < -0.39 is 5.54 Å². The van der Waals surface area contributed by atoms with Gasteiger partial charge in [-0.15, -0.1) is 0 Å². The van der Waals surface area contributed by atoms with Gasteiger partial charge in [0.05, 0.1) is 0 Å². The van der Waals surface area contributed by atoms with E-state index in [4.69, 9.17) is 0 Å². The van der Waals surface area contributed by atoms with Gasteiger partial charge in [-0.05, 0) is 37.7 Å². The van der Waals surface area contributed by atoms with Gasteiger partial charge in [-0.25, -0.2) is 0 Å². The van der Waals surface area contributed by atoms with Crippen LogP contribution in [0.15, 0.2) is 0 Å². The van der Waals surface area contributed by atoms with Crippen LogP contribution in [0.5, 0.6) is 0 Å². The monoisotopic (exact) mass is 286 g/mol. The Labute approximate surface area is 120 Å². The molecule has 1 aliphatic rings. The van der Waals surface area contributed by atoms with Crippen LogP contribution in [0.2, 0.25) is 0 Å². The van der Waals surface area contributed by atoms with Gasteiger partial charge in [0, 0.05) is 6.54 Å². The molecule has 4 nitrogen and oxygen atoms in total. The zero-order valence-corrected chi connectivity index (χ0v) is 13.7. The topological polar surface area (TPSA) is 49.4 Å². The van der Waals surface area contributed by atoms with Gasteiger partial charge < -0.3 is 10.2 Å². The number of hydrogen-bond acceptors (Lipinski definition) is 3. The van der Waals surface area contributed by atoms with E-state index in [0.29, 0.717) is 6.54 Å². The first-order chi connectivity index (χ1) is 8.61. The first-order valence-electron chi connectivity index (χ1n) is 6.73. The first-order valence-corrected chi connectivity index (χ1v) is 8.12. The second-order valence-electron chi connectivity index (χ2n) is 6.73. The molecule has 0 aliphatic carbocycles. The Morgan fingerprint density at radius 2 is 1.89 bits per heavy atom. The summed E-state index contributed by atoms with van der Waals surface area (Å²) in [4.78, 5) is 26.7. The Bertz CT molecular complexity index is 361. The molecule has 1 N–H and O–H groups in total. The number of carbonyl (C=O) groups is 2. The molecule has 1 saturated heterocycles. The van der Waals surface area contributed by atoms with Crippen LogP contribution >= 0.6 is 11.8 Å². The van der Waals surface area contributed by atoms with E-state index >= 15 is 0 Å². The maximum Gasteiger partial charge on any atom is 0.248 e. The molecule has 1 fully saturated rings.